The topological polar surface area (TPSA) is 67.9 Å². The van der Waals surface area contributed by atoms with Crippen molar-refractivity contribution in [2.24, 2.45) is 0 Å². The summed E-state index contributed by atoms with van der Waals surface area (Å²) >= 11 is 5.91. The van der Waals surface area contributed by atoms with Crippen LogP contribution in [-0.2, 0) is 14.3 Å². The van der Waals surface area contributed by atoms with Crippen molar-refractivity contribution in [1.29, 1.82) is 0 Å². The highest BCUT2D eigenvalue weighted by Gasteiger charge is 2.15. The summed E-state index contributed by atoms with van der Waals surface area (Å²) in [5.74, 6) is 0.0315. The van der Waals surface area contributed by atoms with Crippen molar-refractivity contribution in [1.82, 2.24) is 4.90 Å². The van der Waals surface area contributed by atoms with Crippen LogP contribution < -0.4 is 10.1 Å². The molecule has 0 unspecified atom stereocenters. The Labute approximate surface area is 135 Å². The third kappa shape index (κ3) is 5.91. The van der Waals surface area contributed by atoms with Crippen LogP contribution in [0.3, 0.4) is 0 Å². The average molecular weight is 329 g/mol. The minimum absolute atomic E-state index is 0.0330. The molecule has 0 aliphatic carbocycles. The van der Waals surface area contributed by atoms with Gasteiger partial charge in [0.25, 0.3) is 0 Å². The molecule has 122 valence electrons. The summed E-state index contributed by atoms with van der Waals surface area (Å²) in [6, 6.07) is 4.93. The summed E-state index contributed by atoms with van der Waals surface area (Å²) in [7, 11) is 3.10. The number of benzene rings is 1. The highest BCUT2D eigenvalue weighted by Crippen LogP contribution is 2.27. The first-order valence-corrected chi connectivity index (χ1v) is 7.23. The van der Waals surface area contributed by atoms with Crippen molar-refractivity contribution in [3.05, 3.63) is 23.2 Å². The fraction of sp³-hybridized carbons (Fsp3) is 0.467. The van der Waals surface area contributed by atoms with Gasteiger partial charge in [0.2, 0.25) is 11.8 Å². The molecule has 1 aromatic rings. The molecule has 0 heterocycles. The van der Waals surface area contributed by atoms with Crippen LogP contribution in [0.2, 0.25) is 5.02 Å². The van der Waals surface area contributed by atoms with E-state index in [9.17, 15) is 9.59 Å². The number of halogens is 1. The molecule has 0 saturated heterocycles. The standard InChI is InChI=1S/C15H21ClN2O4/c1-11(19)18(7-4-8-21-2)10-15(20)17-13-9-12(16)5-6-14(13)22-3/h5-6,9H,4,7-8,10H2,1-3H3,(H,17,20). The molecule has 7 heteroatoms. The van der Waals surface area contributed by atoms with Gasteiger partial charge in [-0.15, -0.1) is 0 Å². The number of amides is 2. The zero-order chi connectivity index (χ0) is 16.5. The second-order valence-electron chi connectivity index (χ2n) is 4.68. The van der Waals surface area contributed by atoms with Gasteiger partial charge >= 0.3 is 0 Å². The zero-order valence-corrected chi connectivity index (χ0v) is 13.8. The van der Waals surface area contributed by atoms with Gasteiger partial charge in [0.05, 0.1) is 19.3 Å². The molecule has 1 rings (SSSR count). The SMILES string of the molecule is COCCCN(CC(=O)Nc1cc(Cl)ccc1OC)C(C)=O. The fourth-order valence-electron chi connectivity index (χ4n) is 1.89. The Hall–Kier alpha value is -1.79. The maximum atomic E-state index is 12.1. The molecule has 1 aromatic carbocycles. The smallest absolute Gasteiger partial charge is 0.244 e. The molecular weight excluding hydrogens is 308 g/mol. The Kier molecular flexibility index (Phi) is 7.70. The third-order valence-corrected chi connectivity index (χ3v) is 3.23. The van der Waals surface area contributed by atoms with E-state index in [1.54, 1.807) is 25.3 Å². The van der Waals surface area contributed by atoms with Crippen LogP contribution in [0.1, 0.15) is 13.3 Å². The first-order chi connectivity index (χ1) is 10.5. The Morgan fingerprint density at radius 3 is 2.64 bits per heavy atom. The van der Waals surface area contributed by atoms with Gasteiger partial charge in [-0.1, -0.05) is 11.6 Å². The molecule has 0 aliphatic rings. The van der Waals surface area contributed by atoms with Crippen molar-refractivity contribution in [2.75, 3.05) is 39.2 Å². The first kappa shape index (κ1) is 18.3. The highest BCUT2D eigenvalue weighted by atomic mass is 35.5. The van der Waals surface area contributed by atoms with Gasteiger partial charge in [-0.2, -0.15) is 0 Å². The summed E-state index contributed by atoms with van der Waals surface area (Å²) in [6.45, 7) is 2.39. The van der Waals surface area contributed by atoms with Gasteiger partial charge in [0.15, 0.2) is 0 Å². The molecule has 0 saturated carbocycles. The van der Waals surface area contributed by atoms with E-state index in [0.29, 0.717) is 36.0 Å². The Bertz CT molecular complexity index is 522. The Morgan fingerprint density at radius 1 is 1.32 bits per heavy atom. The summed E-state index contributed by atoms with van der Waals surface area (Å²) < 4.78 is 10.1. The van der Waals surface area contributed by atoms with Gasteiger partial charge in [-0.25, -0.2) is 0 Å². The van der Waals surface area contributed by atoms with E-state index in [0.717, 1.165) is 0 Å². The van der Waals surface area contributed by atoms with E-state index < -0.39 is 0 Å². The van der Waals surface area contributed by atoms with Gasteiger partial charge in [0.1, 0.15) is 5.75 Å². The van der Waals surface area contributed by atoms with E-state index >= 15 is 0 Å². The van der Waals surface area contributed by atoms with Crippen LogP contribution in [0.15, 0.2) is 18.2 Å². The monoisotopic (exact) mass is 328 g/mol. The van der Waals surface area contributed by atoms with Crippen molar-refractivity contribution in [3.63, 3.8) is 0 Å². The molecule has 0 fully saturated rings. The number of hydrogen-bond donors (Lipinski definition) is 1. The number of methoxy groups -OCH3 is 2. The fourth-order valence-corrected chi connectivity index (χ4v) is 2.06. The lowest BCUT2D eigenvalue weighted by Gasteiger charge is -2.20. The van der Waals surface area contributed by atoms with Gasteiger partial charge in [-0.05, 0) is 24.6 Å². The molecule has 0 spiro atoms. The number of rotatable bonds is 8. The van der Waals surface area contributed by atoms with Crippen LogP contribution in [0.25, 0.3) is 0 Å². The molecule has 0 radical (unpaired) electrons. The van der Waals surface area contributed by atoms with Gasteiger partial charge in [-0.3, -0.25) is 9.59 Å². The number of ether oxygens (including phenoxy) is 2. The summed E-state index contributed by atoms with van der Waals surface area (Å²) in [5.41, 5.74) is 0.473. The van der Waals surface area contributed by atoms with Gasteiger partial charge < -0.3 is 19.7 Å². The number of carbonyl (C=O) groups excluding carboxylic acids is 2. The van der Waals surface area contributed by atoms with E-state index in [-0.39, 0.29) is 18.4 Å². The largest absolute Gasteiger partial charge is 0.495 e. The third-order valence-electron chi connectivity index (χ3n) is 2.99. The summed E-state index contributed by atoms with van der Waals surface area (Å²) in [6.07, 6.45) is 0.670. The first-order valence-electron chi connectivity index (χ1n) is 6.85. The molecular formula is C15H21ClN2O4. The maximum absolute atomic E-state index is 12.1. The molecule has 6 nitrogen and oxygen atoms in total. The van der Waals surface area contributed by atoms with E-state index in [1.165, 1.54) is 18.9 Å². The number of nitrogens with zero attached hydrogens (tertiary/aromatic N) is 1. The maximum Gasteiger partial charge on any atom is 0.244 e. The molecule has 0 aliphatic heterocycles. The number of hydrogen-bond acceptors (Lipinski definition) is 4. The van der Waals surface area contributed by atoms with Crippen LogP contribution in [0.4, 0.5) is 5.69 Å². The van der Waals surface area contributed by atoms with Crippen LogP contribution in [0.5, 0.6) is 5.75 Å². The molecule has 22 heavy (non-hydrogen) atoms. The summed E-state index contributed by atoms with van der Waals surface area (Å²) in [4.78, 5) is 25.1. The second-order valence-corrected chi connectivity index (χ2v) is 5.12. The molecule has 2 amide bonds. The molecule has 1 N–H and O–H groups in total. The van der Waals surface area contributed by atoms with E-state index in [1.807, 2.05) is 0 Å². The minimum Gasteiger partial charge on any atom is -0.495 e. The lowest BCUT2D eigenvalue weighted by Crippen LogP contribution is -2.37. The lowest BCUT2D eigenvalue weighted by atomic mass is 10.3. The second kappa shape index (κ2) is 9.27. The number of carbonyl (C=O) groups is 2. The van der Waals surface area contributed by atoms with Crippen molar-refractivity contribution in [3.8, 4) is 5.75 Å². The van der Waals surface area contributed by atoms with Gasteiger partial charge in [0, 0.05) is 32.2 Å². The predicted molar refractivity (Wildman–Crippen MR) is 85.4 cm³/mol. The molecule has 0 aromatic heterocycles. The van der Waals surface area contributed by atoms with Crippen LogP contribution in [0, 0.1) is 0 Å². The summed E-state index contributed by atoms with van der Waals surface area (Å²) in [5, 5.41) is 3.19. The van der Waals surface area contributed by atoms with E-state index in [2.05, 4.69) is 5.32 Å². The van der Waals surface area contributed by atoms with Crippen molar-refractivity contribution >= 4 is 29.1 Å². The Morgan fingerprint density at radius 2 is 2.05 bits per heavy atom. The highest BCUT2D eigenvalue weighted by molar-refractivity contribution is 6.31. The average Bonchev–Trinajstić information content (AvgIpc) is 2.46. The molecule has 0 bridgehead atoms. The van der Waals surface area contributed by atoms with E-state index in [4.69, 9.17) is 21.1 Å². The van der Waals surface area contributed by atoms with Crippen LogP contribution >= 0.6 is 11.6 Å². The normalized spacial score (nSPS) is 10.2. The predicted octanol–water partition coefficient (Wildman–Crippen LogP) is 2.17. The molecule has 0 atom stereocenters. The van der Waals surface area contributed by atoms with Crippen molar-refractivity contribution < 1.29 is 19.1 Å². The lowest BCUT2D eigenvalue weighted by molar-refractivity contribution is -0.132. The number of nitrogens with one attached hydrogen (secondary N) is 1. The van der Waals surface area contributed by atoms with Crippen molar-refractivity contribution in [2.45, 2.75) is 13.3 Å². The number of anilines is 1. The minimum atomic E-state index is -0.312. The Balaban J connectivity index is 2.67. The zero-order valence-electron chi connectivity index (χ0n) is 13.0. The van der Waals surface area contributed by atoms with Crippen LogP contribution in [-0.4, -0.2) is 50.6 Å². The quantitative estimate of drug-likeness (QED) is 0.743.